The summed E-state index contributed by atoms with van der Waals surface area (Å²) >= 11 is 0. The molecule has 1 fully saturated rings. The Morgan fingerprint density at radius 3 is 2.55 bits per heavy atom. The maximum Gasteiger partial charge on any atom is 0.253 e. The summed E-state index contributed by atoms with van der Waals surface area (Å²) in [5.74, 6) is -0.0712. The highest BCUT2D eigenvalue weighted by atomic mass is 16.1. The molecule has 0 radical (unpaired) electrons. The fourth-order valence-corrected chi connectivity index (χ4v) is 2.84. The molecule has 3 N–H and O–H groups in total. The zero-order chi connectivity index (χ0) is 15.4. The minimum Gasteiger partial charge on any atom is -0.399 e. The fraction of sp³-hybridized carbons (Fsp3) is 0.278. The number of rotatable bonds is 4. The number of anilines is 2. The number of carbonyl (C=O) groups excluding carboxylic acids is 1. The van der Waals surface area contributed by atoms with Crippen LogP contribution >= 0.6 is 0 Å². The average Bonchev–Trinajstić information content (AvgIpc) is 3.08. The Hall–Kier alpha value is -2.49. The minimum absolute atomic E-state index is 0.0712. The van der Waals surface area contributed by atoms with Gasteiger partial charge in [-0.3, -0.25) is 4.79 Å². The Morgan fingerprint density at radius 1 is 1.09 bits per heavy atom. The second-order valence-electron chi connectivity index (χ2n) is 5.64. The summed E-state index contributed by atoms with van der Waals surface area (Å²) in [6.45, 7) is 2.53. The second kappa shape index (κ2) is 6.52. The lowest BCUT2D eigenvalue weighted by atomic mass is 10.1. The van der Waals surface area contributed by atoms with Crippen molar-refractivity contribution in [2.75, 3.05) is 23.7 Å². The first-order valence-corrected chi connectivity index (χ1v) is 7.70. The quantitative estimate of drug-likeness (QED) is 0.853. The number of hydrogen-bond acceptors (Lipinski definition) is 3. The molecule has 22 heavy (non-hydrogen) atoms. The van der Waals surface area contributed by atoms with Crippen molar-refractivity contribution in [3.63, 3.8) is 0 Å². The molecule has 114 valence electrons. The zero-order valence-electron chi connectivity index (χ0n) is 12.6. The van der Waals surface area contributed by atoms with E-state index in [0.717, 1.165) is 24.3 Å². The number of benzene rings is 2. The lowest BCUT2D eigenvalue weighted by molar-refractivity contribution is 0.0951. The summed E-state index contributed by atoms with van der Waals surface area (Å²) in [5, 5.41) is 2.99. The van der Waals surface area contributed by atoms with Crippen LogP contribution in [0.25, 0.3) is 0 Å². The Balaban J connectivity index is 1.77. The summed E-state index contributed by atoms with van der Waals surface area (Å²) in [6.07, 6.45) is 2.35. The van der Waals surface area contributed by atoms with Crippen molar-refractivity contribution in [2.24, 2.45) is 0 Å². The standard InChI is InChI=1S/C18H21N3O/c19-15-8-9-17(21-10-4-5-11-21)16(12-15)18(22)20-13-14-6-2-1-3-7-14/h1-3,6-9,12H,4-5,10-11,13,19H2,(H,20,22). The molecule has 0 saturated carbocycles. The van der Waals surface area contributed by atoms with E-state index in [1.165, 1.54) is 12.8 Å². The molecular weight excluding hydrogens is 274 g/mol. The van der Waals surface area contributed by atoms with Crippen LogP contribution in [-0.2, 0) is 6.54 Å². The molecule has 4 heteroatoms. The maximum atomic E-state index is 12.6. The van der Waals surface area contributed by atoms with Crippen molar-refractivity contribution < 1.29 is 4.79 Å². The lowest BCUT2D eigenvalue weighted by Crippen LogP contribution is -2.27. The van der Waals surface area contributed by atoms with Crippen LogP contribution in [0.3, 0.4) is 0 Å². The van der Waals surface area contributed by atoms with Gasteiger partial charge in [-0.1, -0.05) is 30.3 Å². The molecule has 2 aromatic carbocycles. The molecule has 0 aliphatic carbocycles. The van der Waals surface area contributed by atoms with Gasteiger partial charge < -0.3 is 16.0 Å². The van der Waals surface area contributed by atoms with E-state index in [-0.39, 0.29) is 5.91 Å². The van der Waals surface area contributed by atoms with Gasteiger partial charge >= 0.3 is 0 Å². The summed E-state index contributed by atoms with van der Waals surface area (Å²) in [6, 6.07) is 15.5. The van der Waals surface area contributed by atoms with Gasteiger partial charge in [0, 0.05) is 31.0 Å². The molecule has 0 atom stereocenters. The van der Waals surface area contributed by atoms with Crippen LogP contribution in [0.4, 0.5) is 11.4 Å². The van der Waals surface area contributed by atoms with Crippen LogP contribution in [-0.4, -0.2) is 19.0 Å². The van der Waals surface area contributed by atoms with Crippen LogP contribution in [0.1, 0.15) is 28.8 Å². The molecule has 1 saturated heterocycles. The predicted octanol–water partition coefficient (Wildman–Crippen LogP) is 2.80. The van der Waals surface area contributed by atoms with Crippen LogP contribution in [0.5, 0.6) is 0 Å². The van der Waals surface area contributed by atoms with E-state index < -0.39 is 0 Å². The van der Waals surface area contributed by atoms with Gasteiger partial charge in [-0.2, -0.15) is 0 Å². The van der Waals surface area contributed by atoms with Gasteiger partial charge in [0.05, 0.1) is 5.56 Å². The molecular formula is C18H21N3O. The number of hydrogen-bond donors (Lipinski definition) is 2. The lowest BCUT2D eigenvalue weighted by Gasteiger charge is -2.21. The van der Waals surface area contributed by atoms with Crippen LogP contribution in [0.15, 0.2) is 48.5 Å². The summed E-state index contributed by atoms with van der Waals surface area (Å²) in [4.78, 5) is 14.8. The first-order chi connectivity index (χ1) is 10.7. The SMILES string of the molecule is Nc1ccc(N2CCCC2)c(C(=O)NCc2ccccc2)c1. The van der Waals surface area contributed by atoms with Crippen molar-refractivity contribution in [3.8, 4) is 0 Å². The number of nitrogens with one attached hydrogen (secondary N) is 1. The Kier molecular flexibility index (Phi) is 4.28. The van der Waals surface area contributed by atoms with Crippen LogP contribution in [0, 0.1) is 0 Å². The van der Waals surface area contributed by atoms with Crippen molar-refractivity contribution in [2.45, 2.75) is 19.4 Å². The molecule has 0 bridgehead atoms. The molecule has 1 aliphatic rings. The number of nitrogens with two attached hydrogens (primary N) is 1. The van der Waals surface area contributed by atoms with Gasteiger partial charge in [0.25, 0.3) is 5.91 Å². The van der Waals surface area contributed by atoms with Gasteiger partial charge in [-0.15, -0.1) is 0 Å². The number of nitrogen functional groups attached to an aromatic ring is 1. The summed E-state index contributed by atoms with van der Waals surface area (Å²) < 4.78 is 0. The number of nitrogens with zero attached hydrogens (tertiary/aromatic N) is 1. The number of amides is 1. The first-order valence-electron chi connectivity index (χ1n) is 7.70. The molecule has 0 spiro atoms. The Bertz CT molecular complexity index is 649. The van der Waals surface area contributed by atoms with Gasteiger partial charge in [-0.05, 0) is 36.6 Å². The smallest absolute Gasteiger partial charge is 0.253 e. The summed E-state index contributed by atoms with van der Waals surface area (Å²) in [5.41, 5.74) is 9.22. The normalized spacial score (nSPS) is 14.1. The molecule has 3 rings (SSSR count). The van der Waals surface area contributed by atoms with Gasteiger partial charge in [0.2, 0.25) is 0 Å². The average molecular weight is 295 g/mol. The highest BCUT2D eigenvalue weighted by molar-refractivity contribution is 6.00. The molecule has 4 nitrogen and oxygen atoms in total. The van der Waals surface area contributed by atoms with E-state index in [2.05, 4.69) is 10.2 Å². The van der Waals surface area contributed by atoms with Crippen molar-refractivity contribution in [3.05, 3.63) is 59.7 Å². The van der Waals surface area contributed by atoms with Gasteiger partial charge in [0.1, 0.15) is 0 Å². The molecule has 2 aromatic rings. The van der Waals surface area contributed by atoms with Crippen molar-refractivity contribution in [1.82, 2.24) is 5.32 Å². The first kappa shape index (κ1) is 14.4. The molecule has 0 aromatic heterocycles. The largest absolute Gasteiger partial charge is 0.399 e. The third-order valence-corrected chi connectivity index (χ3v) is 4.01. The van der Waals surface area contributed by atoms with Gasteiger partial charge in [-0.25, -0.2) is 0 Å². The monoisotopic (exact) mass is 295 g/mol. The van der Waals surface area contributed by atoms with E-state index in [4.69, 9.17) is 5.73 Å². The molecule has 1 heterocycles. The predicted molar refractivity (Wildman–Crippen MR) is 89.9 cm³/mol. The maximum absolute atomic E-state index is 12.6. The van der Waals surface area contributed by atoms with E-state index >= 15 is 0 Å². The Morgan fingerprint density at radius 2 is 1.82 bits per heavy atom. The molecule has 1 aliphatic heterocycles. The Labute approximate surface area is 130 Å². The van der Waals surface area contributed by atoms with Gasteiger partial charge in [0.15, 0.2) is 0 Å². The zero-order valence-corrected chi connectivity index (χ0v) is 12.6. The fourth-order valence-electron chi connectivity index (χ4n) is 2.84. The van der Waals surface area contributed by atoms with Crippen LogP contribution < -0.4 is 16.0 Å². The van der Waals surface area contributed by atoms with E-state index in [0.29, 0.717) is 17.8 Å². The highest BCUT2D eigenvalue weighted by Gasteiger charge is 2.19. The second-order valence-corrected chi connectivity index (χ2v) is 5.64. The molecule has 0 unspecified atom stereocenters. The molecule has 1 amide bonds. The van der Waals surface area contributed by atoms with Crippen LogP contribution in [0.2, 0.25) is 0 Å². The minimum atomic E-state index is -0.0712. The highest BCUT2D eigenvalue weighted by Crippen LogP contribution is 2.26. The van der Waals surface area contributed by atoms with Crippen molar-refractivity contribution >= 4 is 17.3 Å². The van der Waals surface area contributed by atoms with E-state index in [1.54, 1.807) is 6.07 Å². The van der Waals surface area contributed by atoms with E-state index in [1.807, 2.05) is 42.5 Å². The van der Waals surface area contributed by atoms with Crippen molar-refractivity contribution in [1.29, 1.82) is 0 Å². The van der Waals surface area contributed by atoms with E-state index in [9.17, 15) is 4.79 Å². The topological polar surface area (TPSA) is 58.4 Å². The third kappa shape index (κ3) is 3.22. The summed E-state index contributed by atoms with van der Waals surface area (Å²) in [7, 11) is 0. The number of carbonyl (C=O) groups is 1. The third-order valence-electron chi connectivity index (χ3n) is 4.01.